The predicted molar refractivity (Wildman–Crippen MR) is 133 cm³/mol. The number of H-pyrrole nitrogens is 1. The van der Waals surface area contributed by atoms with Gasteiger partial charge in [-0.25, -0.2) is 4.98 Å². The van der Waals surface area contributed by atoms with E-state index in [1.807, 2.05) is 38.1 Å². The van der Waals surface area contributed by atoms with E-state index >= 15 is 0 Å². The molecule has 1 saturated heterocycles. The number of amides is 1. The third-order valence-electron chi connectivity index (χ3n) is 8.14. The number of carbonyl (C=O) groups excluding carboxylic acids is 1. The van der Waals surface area contributed by atoms with Gasteiger partial charge in [-0.05, 0) is 47.9 Å². The number of carbonyl (C=O) groups is 1. The summed E-state index contributed by atoms with van der Waals surface area (Å²) in [4.78, 5) is 19.7. The first-order valence-electron chi connectivity index (χ1n) is 12.3. The van der Waals surface area contributed by atoms with Crippen molar-refractivity contribution in [1.29, 1.82) is 5.26 Å². The number of fused-ring (bicyclic) bond motifs is 2. The lowest BCUT2D eigenvalue weighted by atomic mass is 9.68. The molecule has 5 rings (SSSR count). The molecule has 1 amide bonds. The van der Waals surface area contributed by atoms with Crippen molar-refractivity contribution in [3.63, 3.8) is 0 Å². The Labute approximate surface area is 205 Å². The molecule has 7 heteroatoms. The SMILES string of the molecule is C[C@@H]1C2C=C[C@@H](O2)[C@H](C)C1(O)c1ccc(NC(=O)c2ncc(C#N)[nH]2)c(C2=CCC(C)(C)CC2)c1. The van der Waals surface area contributed by atoms with E-state index in [2.05, 4.69) is 47.4 Å². The van der Waals surface area contributed by atoms with Crippen LogP contribution in [0.4, 0.5) is 5.69 Å². The molecule has 1 aromatic carbocycles. The van der Waals surface area contributed by atoms with Crippen LogP contribution in [0.5, 0.6) is 0 Å². The zero-order valence-electron chi connectivity index (χ0n) is 20.6. The van der Waals surface area contributed by atoms with Gasteiger partial charge in [0.05, 0.1) is 18.4 Å². The Hall–Kier alpha value is -3.21. The minimum absolute atomic E-state index is 0.0864. The van der Waals surface area contributed by atoms with E-state index in [4.69, 9.17) is 10.00 Å². The molecule has 3 aliphatic rings. The lowest BCUT2D eigenvalue weighted by Crippen LogP contribution is -2.53. The number of rotatable bonds is 4. The number of aromatic amines is 1. The van der Waals surface area contributed by atoms with Gasteiger partial charge in [0.2, 0.25) is 0 Å². The van der Waals surface area contributed by atoms with Crippen LogP contribution >= 0.6 is 0 Å². The van der Waals surface area contributed by atoms with Crippen LogP contribution in [0, 0.1) is 28.6 Å². The summed E-state index contributed by atoms with van der Waals surface area (Å²) in [6.45, 7) is 8.60. The molecule has 2 unspecified atom stereocenters. The summed E-state index contributed by atoms with van der Waals surface area (Å²) in [7, 11) is 0. The van der Waals surface area contributed by atoms with E-state index in [1.165, 1.54) is 6.20 Å². The number of nitrogens with one attached hydrogen (secondary N) is 2. The van der Waals surface area contributed by atoms with Gasteiger partial charge in [0.25, 0.3) is 5.91 Å². The molecule has 1 fully saturated rings. The molecular formula is C28H32N4O3. The van der Waals surface area contributed by atoms with Crippen LogP contribution in [0.1, 0.15) is 74.4 Å². The van der Waals surface area contributed by atoms with E-state index in [0.29, 0.717) is 5.69 Å². The summed E-state index contributed by atoms with van der Waals surface area (Å²) in [5.41, 5.74) is 2.98. The summed E-state index contributed by atoms with van der Waals surface area (Å²) in [6.07, 6.45) is 10.4. The molecule has 5 atom stereocenters. The lowest BCUT2D eigenvalue weighted by Gasteiger charge is -2.47. The third kappa shape index (κ3) is 4.01. The summed E-state index contributed by atoms with van der Waals surface area (Å²) in [6, 6.07) is 7.78. The quantitative estimate of drug-likeness (QED) is 0.547. The Morgan fingerprint density at radius 3 is 2.57 bits per heavy atom. The molecule has 182 valence electrons. The van der Waals surface area contributed by atoms with Gasteiger partial charge in [0, 0.05) is 23.1 Å². The van der Waals surface area contributed by atoms with Crippen molar-refractivity contribution in [2.24, 2.45) is 17.3 Å². The fourth-order valence-electron chi connectivity index (χ4n) is 5.67. The average molecular weight is 473 g/mol. The minimum Gasteiger partial charge on any atom is -0.384 e. The molecule has 3 N–H and O–H groups in total. The molecule has 0 radical (unpaired) electrons. The first kappa shape index (κ1) is 23.5. The number of benzene rings is 1. The van der Waals surface area contributed by atoms with Gasteiger partial charge >= 0.3 is 0 Å². The first-order valence-corrected chi connectivity index (χ1v) is 12.3. The standard InChI is InChI=1S/C28H32N4O3/c1-16-23-7-8-24(35-23)17(2)28(16,34)19-5-6-22(32-26(33)25-30-15-20(14-29)31-25)21(13-19)18-9-11-27(3,4)12-10-18/h5-9,13,15-17,23-24,34H,10-12H2,1-4H3,(H,30,31)(H,32,33)/t16-,17+,23+,24?,28?/m0/s1. The van der Waals surface area contributed by atoms with Crippen molar-refractivity contribution in [2.75, 3.05) is 5.32 Å². The van der Waals surface area contributed by atoms with E-state index in [-0.39, 0.29) is 41.0 Å². The second kappa shape index (κ2) is 8.47. The highest BCUT2D eigenvalue weighted by molar-refractivity contribution is 6.03. The van der Waals surface area contributed by atoms with Gasteiger partial charge in [-0.3, -0.25) is 4.79 Å². The Bertz CT molecular complexity index is 1250. The maximum Gasteiger partial charge on any atom is 0.291 e. The molecule has 0 saturated carbocycles. The van der Waals surface area contributed by atoms with Crippen LogP contribution < -0.4 is 5.32 Å². The second-order valence-corrected chi connectivity index (χ2v) is 10.9. The highest BCUT2D eigenvalue weighted by Crippen LogP contribution is 2.50. The molecule has 2 bridgehead atoms. The molecule has 7 nitrogen and oxygen atoms in total. The maximum absolute atomic E-state index is 12.9. The number of allylic oxidation sites excluding steroid dienone is 2. The van der Waals surface area contributed by atoms with E-state index in [9.17, 15) is 9.90 Å². The third-order valence-corrected chi connectivity index (χ3v) is 8.14. The van der Waals surface area contributed by atoms with Crippen LogP contribution in [0.15, 0.2) is 42.6 Å². The highest BCUT2D eigenvalue weighted by atomic mass is 16.5. The van der Waals surface area contributed by atoms with Crippen molar-refractivity contribution >= 4 is 17.2 Å². The van der Waals surface area contributed by atoms with Gasteiger partial charge in [-0.2, -0.15) is 5.26 Å². The number of aromatic nitrogens is 2. The van der Waals surface area contributed by atoms with Gasteiger partial charge in [0.15, 0.2) is 5.82 Å². The Kier molecular flexibility index (Phi) is 5.70. The smallest absolute Gasteiger partial charge is 0.291 e. The zero-order valence-corrected chi connectivity index (χ0v) is 20.6. The van der Waals surface area contributed by atoms with Crippen LogP contribution in [0.3, 0.4) is 0 Å². The normalized spacial score (nSPS) is 31.0. The van der Waals surface area contributed by atoms with E-state index in [1.54, 1.807) is 0 Å². The Morgan fingerprint density at radius 2 is 1.97 bits per heavy atom. The molecule has 2 aliphatic heterocycles. The summed E-state index contributed by atoms with van der Waals surface area (Å²) >= 11 is 0. The topological polar surface area (TPSA) is 111 Å². The van der Waals surface area contributed by atoms with Crippen LogP contribution in [0.2, 0.25) is 0 Å². The van der Waals surface area contributed by atoms with Crippen LogP contribution in [0.25, 0.3) is 5.57 Å². The molecule has 35 heavy (non-hydrogen) atoms. The number of aliphatic hydroxyl groups is 1. The largest absolute Gasteiger partial charge is 0.384 e. The Morgan fingerprint density at radius 1 is 1.26 bits per heavy atom. The molecule has 0 spiro atoms. The van der Waals surface area contributed by atoms with Crippen LogP contribution in [-0.4, -0.2) is 33.2 Å². The number of nitrogens with zero attached hydrogens (tertiary/aromatic N) is 2. The molecule has 1 aliphatic carbocycles. The number of hydrogen-bond donors (Lipinski definition) is 3. The van der Waals surface area contributed by atoms with Gasteiger partial charge in [-0.15, -0.1) is 0 Å². The first-order chi connectivity index (χ1) is 16.6. The van der Waals surface area contributed by atoms with E-state index in [0.717, 1.165) is 36.0 Å². The van der Waals surface area contributed by atoms with Crippen molar-refractivity contribution in [1.82, 2.24) is 9.97 Å². The monoisotopic (exact) mass is 472 g/mol. The molecule has 3 heterocycles. The molecule has 1 aromatic heterocycles. The van der Waals surface area contributed by atoms with Gasteiger partial charge in [0.1, 0.15) is 17.4 Å². The Balaban J connectivity index is 1.55. The molecular weight excluding hydrogens is 440 g/mol. The zero-order chi connectivity index (χ0) is 25.0. The highest BCUT2D eigenvalue weighted by Gasteiger charge is 2.53. The summed E-state index contributed by atoms with van der Waals surface area (Å²) in [5.74, 6) is -0.561. The molecule has 2 aromatic rings. The number of anilines is 1. The summed E-state index contributed by atoms with van der Waals surface area (Å²) < 4.78 is 6.07. The van der Waals surface area contributed by atoms with Gasteiger partial charge < -0.3 is 20.1 Å². The van der Waals surface area contributed by atoms with Crippen molar-refractivity contribution in [3.05, 3.63) is 65.3 Å². The van der Waals surface area contributed by atoms with Crippen molar-refractivity contribution in [2.45, 2.75) is 64.8 Å². The van der Waals surface area contributed by atoms with Gasteiger partial charge in [-0.1, -0.05) is 52.0 Å². The summed E-state index contributed by atoms with van der Waals surface area (Å²) in [5, 5.41) is 24.1. The number of imidazole rings is 1. The van der Waals surface area contributed by atoms with Crippen molar-refractivity contribution < 1.29 is 14.6 Å². The van der Waals surface area contributed by atoms with Crippen molar-refractivity contribution in [3.8, 4) is 6.07 Å². The van der Waals surface area contributed by atoms with E-state index < -0.39 is 11.5 Å². The fraction of sp³-hybridized carbons (Fsp3) is 0.464. The number of ether oxygens (including phenoxy) is 1. The fourth-order valence-corrected chi connectivity index (χ4v) is 5.67. The maximum atomic E-state index is 12.9. The minimum atomic E-state index is -1.06. The second-order valence-electron chi connectivity index (χ2n) is 10.9. The lowest BCUT2D eigenvalue weighted by molar-refractivity contribution is -0.187. The number of hydrogen-bond acceptors (Lipinski definition) is 5. The van der Waals surface area contributed by atoms with Crippen LogP contribution in [-0.2, 0) is 10.3 Å². The average Bonchev–Trinajstić information content (AvgIpc) is 3.51. The number of nitriles is 1. The predicted octanol–water partition coefficient (Wildman–Crippen LogP) is 4.92.